The van der Waals surface area contributed by atoms with Crippen LogP contribution in [0.3, 0.4) is 0 Å². The SMILES string of the molecule is CC(C)(C)OC(=O)N[C@H](CNC(=O)C[C@H](c1ccccc1)C1(C(F)(F)F)CC1)Cc1ccc(C(N)=O)cc1. The molecule has 0 aliphatic heterocycles. The van der Waals surface area contributed by atoms with Gasteiger partial charge in [0.2, 0.25) is 11.8 Å². The lowest BCUT2D eigenvalue weighted by Crippen LogP contribution is -2.47. The van der Waals surface area contributed by atoms with Crippen LogP contribution in [-0.2, 0) is 16.0 Å². The minimum absolute atomic E-state index is 0.0204. The topological polar surface area (TPSA) is 111 Å². The smallest absolute Gasteiger partial charge is 0.407 e. The van der Waals surface area contributed by atoms with Gasteiger partial charge < -0.3 is 21.1 Å². The van der Waals surface area contributed by atoms with E-state index >= 15 is 0 Å². The third-order valence-corrected chi connectivity index (χ3v) is 6.60. The molecule has 0 bridgehead atoms. The fourth-order valence-electron chi connectivity index (χ4n) is 4.51. The van der Waals surface area contributed by atoms with Crippen molar-refractivity contribution in [1.82, 2.24) is 10.6 Å². The van der Waals surface area contributed by atoms with E-state index in [2.05, 4.69) is 10.6 Å². The highest BCUT2D eigenvalue weighted by atomic mass is 19.4. The molecule has 0 aromatic heterocycles. The molecule has 0 heterocycles. The monoisotopic (exact) mass is 533 g/mol. The maximum absolute atomic E-state index is 14.0. The first kappa shape index (κ1) is 29.0. The molecule has 3 amide bonds. The molecule has 7 nitrogen and oxygen atoms in total. The summed E-state index contributed by atoms with van der Waals surface area (Å²) >= 11 is 0. The Morgan fingerprint density at radius 3 is 2.11 bits per heavy atom. The molecule has 2 aromatic rings. The van der Waals surface area contributed by atoms with Crippen molar-refractivity contribution in [1.29, 1.82) is 0 Å². The van der Waals surface area contributed by atoms with Crippen LogP contribution in [0.4, 0.5) is 18.0 Å². The number of carbonyl (C=O) groups excluding carboxylic acids is 3. The van der Waals surface area contributed by atoms with Crippen molar-refractivity contribution in [3.05, 3.63) is 71.3 Å². The number of ether oxygens (including phenoxy) is 1. The van der Waals surface area contributed by atoms with Gasteiger partial charge in [-0.2, -0.15) is 13.2 Å². The lowest BCUT2D eigenvalue weighted by Gasteiger charge is -2.29. The number of nitrogens with one attached hydrogen (secondary N) is 2. The van der Waals surface area contributed by atoms with Gasteiger partial charge in [0.15, 0.2) is 0 Å². The molecule has 2 atom stereocenters. The van der Waals surface area contributed by atoms with Crippen LogP contribution in [-0.4, -0.2) is 42.3 Å². The second-order valence-electron chi connectivity index (χ2n) is 10.7. The molecule has 2 aromatic carbocycles. The average Bonchev–Trinajstić information content (AvgIpc) is 3.63. The zero-order valence-corrected chi connectivity index (χ0v) is 21.7. The Morgan fingerprint density at radius 1 is 1.00 bits per heavy atom. The van der Waals surface area contributed by atoms with Crippen molar-refractivity contribution in [3.63, 3.8) is 0 Å². The molecular weight excluding hydrogens is 499 g/mol. The summed E-state index contributed by atoms with van der Waals surface area (Å²) < 4.78 is 47.2. The van der Waals surface area contributed by atoms with Gasteiger partial charge in [0, 0.05) is 24.4 Å². The highest BCUT2D eigenvalue weighted by Crippen LogP contribution is 2.66. The second-order valence-corrected chi connectivity index (χ2v) is 10.7. The largest absolute Gasteiger partial charge is 0.444 e. The minimum Gasteiger partial charge on any atom is -0.444 e. The molecule has 1 aliphatic rings. The van der Waals surface area contributed by atoms with Crippen LogP contribution in [0.2, 0.25) is 0 Å². The Morgan fingerprint density at radius 2 is 1.61 bits per heavy atom. The molecule has 206 valence electrons. The number of nitrogens with two attached hydrogens (primary N) is 1. The van der Waals surface area contributed by atoms with E-state index in [0.29, 0.717) is 11.1 Å². The summed E-state index contributed by atoms with van der Waals surface area (Å²) in [5, 5.41) is 5.42. The maximum Gasteiger partial charge on any atom is 0.407 e. The van der Waals surface area contributed by atoms with Gasteiger partial charge in [0.25, 0.3) is 0 Å². The summed E-state index contributed by atoms with van der Waals surface area (Å²) in [4.78, 5) is 36.7. The summed E-state index contributed by atoms with van der Waals surface area (Å²) in [6.07, 6.45) is -5.22. The van der Waals surface area contributed by atoms with Crippen LogP contribution in [0, 0.1) is 5.41 Å². The van der Waals surface area contributed by atoms with Crippen molar-refractivity contribution in [2.45, 2.75) is 70.2 Å². The first-order valence-electron chi connectivity index (χ1n) is 12.5. The second kappa shape index (κ2) is 11.4. The molecule has 0 unspecified atom stereocenters. The molecule has 0 spiro atoms. The van der Waals surface area contributed by atoms with Gasteiger partial charge >= 0.3 is 12.3 Å². The predicted molar refractivity (Wildman–Crippen MR) is 136 cm³/mol. The van der Waals surface area contributed by atoms with Gasteiger partial charge in [-0.15, -0.1) is 0 Å². The number of hydrogen-bond donors (Lipinski definition) is 3. The van der Waals surface area contributed by atoms with E-state index in [1.807, 2.05) is 0 Å². The van der Waals surface area contributed by atoms with Crippen LogP contribution in [0.15, 0.2) is 54.6 Å². The summed E-state index contributed by atoms with van der Waals surface area (Å²) in [5.41, 5.74) is 4.16. The first-order chi connectivity index (χ1) is 17.7. The molecule has 3 rings (SSSR count). The Labute approximate surface area is 220 Å². The van der Waals surface area contributed by atoms with Gasteiger partial charge in [0.05, 0.1) is 11.5 Å². The zero-order chi connectivity index (χ0) is 28.1. The molecule has 10 heteroatoms. The number of halogens is 3. The van der Waals surface area contributed by atoms with Gasteiger partial charge in [-0.25, -0.2) is 4.79 Å². The Balaban J connectivity index is 1.72. The Bertz CT molecular complexity index is 1120. The number of carbonyl (C=O) groups is 3. The van der Waals surface area contributed by atoms with Crippen LogP contribution in [0.5, 0.6) is 0 Å². The van der Waals surface area contributed by atoms with Crippen molar-refractivity contribution in [2.24, 2.45) is 11.1 Å². The molecule has 0 saturated heterocycles. The lowest BCUT2D eigenvalue weighted by molar-refractivity contribution is -0.194. The number of primary amides is 1. The first-order valence-corrected chi connectivity index (χ1v) is 12.5. The van der Waals surface area contributed by atoms with Gasteiger partial charge in [-0.3, -0.25) is 9.59 Å². The quantitative estimate of drug-likeness (QED) is 0.405. The van der Waals surface area contributed by atoms with Crippen LogP contribution in [0.25, 0.3) is 0 Å². The number of amides is 3. The number of hydrogen-bond acceptors (Lipinski definition) is 4. The van der Waals surface area contributed by atoms with Crippen LogP contribution < -0.4 is 16.4 Å². The fraction of sp³-hybridized carbons (Fsp3) is 0.464. The van der Waals surface area contributed by atoms with Gasteiger partial charge in [-0.05, 0) is 63.3 Å². The molecule has 1 fully saturated rings. The number of alkyl carbamates (subject to hydrolysis) is 1. The molecule has 0 radical (unpaired) electrons. The summed E-state index contributed by atoms with van der Waals surface area (Å²) in [7, 11) is 0. The maximum atomic E-state index is 14.0. The Hall–Kier alpha value is -3.56. The van der Waals surface area contributed by atoms with Crippen LogP contribution >= 0.6 is 0 Å². The zero-order valence-electron chi connectivity index (χ0n) is 21.7. The number of alkyl halides is 3. The third kappa shape index (κ3) is 7.72. The molecular formula is C28H34F3N3O4. The number of benzene rings is 2. The highest BCUT2D eigenvalue weighted by Gasteiger charge is 2.67. The van der Waals surface area contributed by atoms with E-state index in [4.69, 9.17) is 10.5 Å². The summed E-state index contributed by atoms with van der Waals surface area (Å²) in [6.45, 7) is 5.11. The van der Waals surface area contributed by atoms with E-state index in [1.54, 1.807) is 75.4 Å². The van der Waals surface area contributed by atoms with Gasteiger partial charge in [0.1, 0.15) is 5.60 Å². The molecule has 4 N–H and O–H groups in total. The number of rotatable bonds is 10. The molecule has 1 saturated carbocycles. The standard InChI is InChI=1S/C28H34F3N3O4/c1-26(2,3)38-25(37)34-21(15-18-9-11-20(12-10-18)24(32)36)17-33-23(35)16-22(19-7-5-4-6-8-19)27(13-14-27)28(29,30)31/h4-12,21-22H,13-17H2,1-3H3,(H2,32,36)(H,33,35)(H,34,37)/t21-,22+/m0/s1. The molecule has 38 heavy (non-hydrogen) atoms. The Kier molecular flexibility index (Phi) is 8.74. The van der Waals surface area contributed by atoms with E-state index < -0.39 is 47.1 Å². The fourth-order valence-corrected chi connectivity index (χ4v) is 4.51. The predicted octanol–water partition coefficient (Wildman–Crippen LogP) is 4.85. The van der Waals surface area contributed by atoms with Gasteiger partial charge in [-0.1, -0.05) is 42.5 Å². The normalized spacial score (nSPS) is 16.2. The van der Waals surface area contributed by atoms with Crippen molar-refractivity contribution in [3.8, 4) is 0 Å². The van der Waals surface area contributed by atoms with Crippen molar-refractivity contribution < 1.29 is 32.3 Å². The lowest BCUT2D eigenvalue weighted by atomic mass is 9.80. The summed E-state index contributed by atoms with van der Waals surface area (Å²) in [5.74, 6) is -2.13. The van der Waals surface area contributed by atoms with Crippen molar-refractivity contribution in [2.75, 3.05) is 6.54 Å². The van der Waals surface area contributed by atoms with E-state index in [1.165, 1.54) is 0 Å². The van der Waals surface area contributed by atoms with Crippen molar-refractivity contribution >= 4 is 17.9 Å². The average molecular weight is 534 g/mol. The van der Waals surface area contributed by atoms with Crippen LogP contribution in [0.1, 0.15) is 67.4 Å². The summed E-state index contributed by atoms with van der Waals surface area (Å²) in [6, 6.07) is 14.1. The third-order valence-electron chi connectivity index (χ3n) is 6.60. The minimum atomic E-state index is -4.42. The van der Waals surface area contributed by atoms with E-state index in [0.717, 1.165) is 5.56 Å². The highest BCUT2D eigenvalue weighted by molar-refractivity contribution is 5.92. The van der Waals surface area contributed by atoms with E-state index in [-0.39, 0.29) is 32.2 Å². The molecule has 1 aliphatic carbocycles. The van der Waals surface area contributed by atoms with E-state index in [9.17, 15) is 27.6 Å².